The largest absolute Gasteiger partial charge is 0.392 e. The molecule has 2 nitrogen and oxygen atoms in total. The molecule has 3 N–H and O–H groups in total. The van der Waals surface area contributed by atoms with Crippen LogP contribution in [0.2, 0.25) is 0 Å². The van der Waals surface area contributed by atoms with Crippen LogP contribution in [-0.4, -0.2) is 17.8 Å². The van der Waals surface area contributed by atoms with Crippen LogP contribution in [0.1, 0.15) is 38.5 Å². The fourth-order valence-electron chi connectivity index (χ4n) is 1.82. The minimum atomic E-state index is -0.313. The fraction of sp³-hybridized carbons (Fsp3) is 0.900. The molecule has 1 unspecified atom stereocenters. The molecule has 1 atom stereocenters. The maximum atomic E-state index is 9.23. The fourth-order valence-corrected chi connectivity index (χ4v) is 1.82. The Morgan fingerprint density at radius 2 is 2.00 bits per heavy atom. The van der Waals surface area contributed by atoms with E-state index < -0.39 is 0 Å². The highest BCUT2D eigenvalue weighted by Crippen LogP contribution is 2.26. The molecule has 1 fully saturated rings. The van der Waals surface area contributed by atoms with E-state index in [9.17, 15) is 5.11 Å². The van der Waals surface area contributed by atoms with Crippen molar-refractivity contribution >= 4 is 0 Å². The SMILES string of the molecule is NCC(O)C[CH]C1CCCCC1. The van der Waals surface area contributed by atoms with E-state index in [2.05, 4.69) is 6.42 Å². The van der Waals surface area contributed by atoms with Crippen molar-refractivity contribution < 1.29 is 5.11 Å². The van der Waals surface area contributed by atoms with Gasteiger partial charge in [-0.05, 0) is 18.8 Å². The average molecular weight is 170 g/mol. The van der Waals surface area contributed by atoms with Gasteiger partial charge in [0.25, 0.3) is 0 Å². The molecule has 1 saturated carbocycles. The number of nitrogens with two attached hydrogens (primary N) is 1. The second-order valence-electron chi connectivity index (χ2n) is 3.76. The van der Waals surface area contributed by atoms with Gasteiger partial charge in [-0.2, -0.15) is 0 Å². The summed E-state index contributed by atoms with van der Waals surface area (Å²) in [5.41, 5.74) is 5.32. The second kappa shape index (κ2) is 5.55. The maximum absolute atomic E-state index is 9.23. The summed E-state index contributed by atoms with van der Waals surface area (Å²) in [6.07, 6.45) is 9.47. The molecule has 1 aliphatic carbocycles. The molecule has 0 spiro atoms. The van der Waals surface area contributed by atoms with Gasteiger partial charge in [-0.25, -0.2) is 0 Å². The topological polar surface area (TPSA) is 46.2 Å². The molecule has 12 heavy (non-hydrogen) atoms. The summed E-state index contributed by atoms with van der Waals surface area (Å²) < 4.78 is 0. The Bertz CT molecular complexity index is 110. The number of hydrogen-bond acceptors (Lipinski definition) is 2. The van der Waals surface area contributed by atoms with Crippen LogP contribution in [0.15, 0.2) is 0 Å². The standard InChI is InChI=1S/C10H20NO/c11-8-10(12)7-6-9-4-2-1-3-5-9/h6,9-10,12H,1-5,7-8,11H2. The van der Waals surface area contributed by atoms with Crippen LogP contribution in [0.4, 0.5) is 0 Å². The van der Waals surface area contributed by atoms with Crippen LogP contribution in [0.5, 0.6) is 0 Å². The van der Waals surface area contributed by atoms with Gasteiger partial charge in [-0.15, -0.1) is 0 Å². The lowest BCUT2D eigenvalue weighted by molar-refractivity contribution is 0.175. The van der Waals surface area contributed by atoms with Gasteiger partial charge in [0.15, 0.2) is 0 Å². The van der Waals surface area contributed by atoms with Gasteiger partial charge in [-0.1, -0.05) is 32.1 Å². The minimum absolute atomic E-state index is 0.313. The molecule has 1 aliphatic rings. The third-order valence-corrected chi connectivity index (χ3v) is 2.66. The zero-order valence-corrected chi connectivity index (χ0v) is 7.71. The molecule has 1 rings (SSSR count). The molecular weight excluding hydrogens is 150 g/mol. The average Bonchev–Trinajstić information content (AvgIpc) is 2.16. The molecule has 0 amide bonds. The summed E-state index contributed by atoms with van der Waals surface area (Å²) in [5.74, 6) is 0.750. The highest BCUT2D eigenvalue weighted by Gasteiger charge is 2.14. The number of rotatable bonds is 4. The minimum Gasteiger partial charge on any atom is -0.392 e. The van der Waals surface area contributed by atoms with Gasteiger partial charge in [-0.3, -0.25) is 0 Å². The molecule has 0 aromatic rings. The van der Waals surface area contributed by atoms with Gasteiger partial charge in [0.2, 0.25) is 0 Å². The quantitative estimate of drug-likeness (QED) is 0.671. The Balaban J connectivity index is 2.05. The summed E-state index contributed by atoms with van der Waals surface area (Å²) in [6, 6.07) is 0. The van der Waals surface area contributed by atoms with Crippen LogP contribution in [-0.2, 0) is 0 Å². The Morgan fingerprint density at radius 1 is 1.33 bits per heavy atom. The monoisotopic (exact) mass is 170 g/mol. The lowest BCUT2D eigenvalue weighted by Crippen LogP contribution is -2.21. The first kappa shape index (κ1) is 10.0. The van der Waals surface area contributed by atoms with E-state index in [1.807, 2.05) is 0 Å². The van der Waals surface area contributed by atoms with Crippen molar-refractivity contribution in [1.29, 1.82) is 0 Å². The molecule has 0 saturated heterocycles. The van der Waals surface area contributed by atoms with E-state index in [4.69, 9.17) is 5.73 Å². The van der Waals surface area contributed by atoms with Crippen molar-refractivity contribution in [2.24, 2.45) is 11.7 Å². The normalized spacial score (nSPS) is 22.5. The molecule has 71 valence electrons. The van der Waals surface area contributed by atoms with Crippen molar-refractivity contribution in [3.63, 3.8) is 0 Å². The van der Waals surface area contributed by atoms with Crippen LogP contribution in [0.3, 0.4) is 0 Å². The zero-order valence-electron chi connectivity index (χ0n) is 7.71. The molecule has 0 aromatic heterocycles. The number of hydrogen-bond donors (Lipinski definition) is 2. The van der Waals surface area contributed by atoms with Crippen LogP contribution in [0, 0.1) is 12.3 Å². The highest BCUT2D eigenvalue weighted by molar-refractivity contribution is 4.81. The van der Waals surface area contributed by atoms with Gasteiger partial charge in [0.1, 0.15) is 0 Å². The van der Waals surface area contributed by atoms with Gasteiger partial charge in [0, 0.05) is 6.54 Å². The molecule has 0 heterocycles. The van der Waals surface area contributed by atoms with E-state index in [1.54, 1.807) is 0 Å². The van der Waals surface area contributed by atoms with E-state index in [1.165, 1.54) is 32.1 Å². The molecule has 0 aliphatic heterocycles. The summed E-state index contributed by atoms with van der Waals surface area (Å²) in [6.45, 7) is 0.392. The van der Waals surface area contributed by atoms with E-state index >= 15 is 0 Å². The summed E-state index contributed by atoms with van der Waals surface area (Å²) >= 11 is 0. The van der Waals surface area contributed by atoms with Crippen molar-refractivity contribution in [1.82, 2.24) is 0 Å². The van der Waals surface area contributed by atoms with Crippen LogP contribution < -0.4 is 5.73 Å². The maximum Gasteiger partial charge on any atom is 0.0665 e. The van der Waals surface area contributed by atoms with Crippen molar-refractivity contribution in [2.75, 3.05) is 6.54 Å². The van der Waals surface area contributed by atoms with Gasteiger partial charge >= 0.3 is 0 Å². The lowest BCUT2D eigenvalue weighted by atomic mass is 9.85. The lowest BCUT2D eigenvalue weighted by Gasteiger charge is -2.21. The molecular formula is C10H20NO. The third kappa shape index (κ3) is 3.55. The van der Waals surface area contributed by atoms with E-state index in [0.717, 1.165) is 12.3 Å². The smallest absolute Gasteiger partial charge is 0.0665 e. The van der Waals surface area contributed by atoms with E-state index in [0.29, 0.717) is 6.54 Å². The first-order valence-electron chi connectivity index (χ1n) is 5.04. The summed E-state index contributed by atoms with van der Waals surface area (Å²) in [5, 5.41) is 9.23. The Kier molecular flexibility index (Phi) is 4.62. The predicted octanol–water partition coefficient (Wildman–Crippen LogP) is 1.48. The Hall–Kier alpha value is -0.0800. The summed E-state index contributed by atoms with van der Waals surface area (Å²) in [4.78, 5) is 0. The first-order chi connectivity index (χ1) is 5.83. The second-order valence-corrected chi connectivity index (χ2v) is 3.76. The molecule has 0 bridgehead atoms. The first-order valence-corrected chi connectivity index (χ1v) is 5.04. The van der Waals surface area contributed by atoms with Gasteiger partial charge < -0.3 is 10.8 Å². The molecule has 0 aromatic carbocycles. The van der Waals surface area contributed by atoms with Crippen LogP contribution >= 0.6 is 0 Å². The Labute approximate surface area is 75.2 Å². The number of aliphatic hydroxyl groups excluding tert-OH is 1. The molecule has 2 heteroatoms. The molecule has 1 radical (unpaired) electrons. The third-order valence-electron chi connectivity index (χ3n) is 2.66. The predicted molar refractivity (Wildman–Crippen MR) is 50.6 cm³/mol. The van der Waals surface area contributed by atoms with Crippen molar-refractivity contribution in [3.05, 3.63) is 6.42 Å². The van der Waals surface area contributed by atoms with E-state index in [-0.39, 0.29) is 6.10 Å². The highest BCUT2D eigenvalue weighted by atomic mass is 16.3. The summed E-state index contributed by atoms with van der Waals surface area (Å²) in [7, 11) is 0. The number of aliphatic hydroxyl groups is 1. The van der Waals surface area contributed by atoms with Crippen molar-refractivity contribution in [2.45, 2.75) is 44.6 Å². The van der Waals surface area contributed by atoms with Crippen LogP contribution in [0.25, 0.3) is 0 Å². The zero-order chi connectivity index (χ0) is 8.81. The van der Waals surface area contributed by atoms with Gasteiger partial charge in [0.05, 0.1) is 6.10 Å². The van der Waals surface area contributed by atoms with Crippen molar-refractivity contribution in [3.8, 4) is 0 Å². The Morgan fingerprint density at radius 3 is 2.58 bits per heavy atom.